The highest BCUT2D eigenvalue weighted by Gasteiger charge is 2.46. The van der Waals surface area contributed by atoms with Crippen LogP contribution in [0.15, 0.2) is 18.2 Å². The summed E-state index contributed by atoms with van der Waals surface area (Å²) in [5.41, 5.74) is 3.19. The monoisotopic (exact) mass is 464 g/mol. The van der Waals surface area contributed by atoms with Gasteiger partial charge in [0.15, 0.2) is 0 Å². The van der Waals surface area contributed by atoms with E-state index >= 15 is 0 Å². The van der Waals surface area contributed by atoms with Gasteiger partial charge in [-0.1, -0.05) is 31.5 Å². The third-order valence-corrected chi connectivity index (χ3v) is 8.23. The van der Waals surface area contributed by atoms with Gasteiger partial charge in [0.2, 0.25) is 5.91 Å². The van der Waals surface area contributed by atoms with Crippen molar-refractivity contribution in [3.63, 3.8) is 0 Å². The number of carbonyl (C=O) groups is 1. The van der Waals surface area contributed by atoms with E-state index in [-0.39, 0.29) is 23.8 Å². The van der Waals surface area contributed by atoms with Gasteiger partial charge in [0, 0.05) is 30.7 Å². The topological polar surface area (TPSA) is 69.0 Å². The molecule has 0 saturated heterocycles. The van der Waals surface area contributed by atoms with E-state index in [0.29, 0.717) is 12.0 Å². The van der Waals surface area contributed by atoms with Crippen LogP contribution in [0.5, 0.6) is 0 Å². The summed E-state index contributed by atoms with van der Waals surface area (Å²) in [7, 11) is 1.76. The van der Waals surface area contributed by atoms with Crippen molar-refractivity contribution in [1.29, 1.82) is 0 Å². The van der Waals surface area contributed by atoms with Crippen molar-refractivity contribution in [2.45, 2.75) is 96.6 Å². The summed E-state index contributed by atoms with van der Waals surface area (Å²) in [4.78, 5) is 13.5. The Hall–Kier alpha value is -2.21. The molecule has 1 aromatic carbocycles. The maximum Gasteiger partial charge on any atom is 0.228 e. The molecular weight excluding hydrogens is 424 g/mol. The number of methoxy groups -OCH3 is 1. The Bertz CT molecular complexity index is 1040. The molecule has 1 unspecified atom stereocenters. The second kappa shape index (κ2) is 9.44. The molecule has 2 aromatic rings. The molecule has 1 amide bonds. The van der Waals surface area contributed by atoms with Crippen molar-refractivity contribution in [3.8, 4) is 0 Å². The zero-order chi connectivity index (χ0) is 24.0. The van der Waals surface area contributed by atoms with E-state index in [1.165, 1.54) is 43.5 Å². The SMILES string of the molecule is COC1C[C@H](C(=O)Nc2ccc(C)cc2C)[C@@H](c2nnc([C@H]3C[C@@H](CC(C)C)C3)n2C2CC2)C1. The van der Waals surface area contributed by atoms with Gasteiger partial charge < -0.3 is 14.6 Å². The fourth-order valence-corrected chi connectivity index (χ4v) is 6.30. The van der Waals surface area contributed by atoms with E-state index in [4.69, 9.17) is 14.9 Å². The highest BCUT2D eigenvalue weighted by molar-refractivity contribution is 5.94. The number of aryl methyl sites for hydroxylation is 2. The van der Waals surface area contributed by atoms with E-state index in [1.807, 2.05) is 19.1 Å². The third kappa shape index (κ3) is 4.66. The van der Waals surface area contributed by atoms with Gasteiger partial charge in [0.1, 0.15) is 11.6 Å². The minimum atomic E-state index is -0.157. The van der Waals surface area contributed by atoms with Crippen molar-refractivity contribution in [3.05, 3.63) is 41.0 Å². The summed E-state index contributed by atoms with van der Waals surface area (Å²) in [5.74, 6) is 4.25. The first-order valence-corrected chi connectivity index (χ1v) is 13.2. The summed E-state index contributed by atoms with van der Waals surface area (Å²) in [5, 5.41) is 12.7. The molecule has 1 aromatic heterocycles. The lowest BCUT2D eigenvalue weighted by molar-refractivity contribution is -0.120. The molecular formula is C28H40N4O2. The van der Waals surface area contributed by atoms with Gasteiger partial charge in [-0.3, -0.25) is 4.79 Å². The maximum absolute atomic E-state index is 13.5. The van der Waals surface area contributed by atoms with Crippen molar-refractivity contribution in [2.24, 2.45) is 17.8 Å². The second-order valence-corrected chi connectivity index (χ2v) is 11.5. The quantitative estimate of drug-likeness (QED) is 0.527. The Labute approximate surface area is 203 Å². The Morgan fingerprint density at radius 1 is 1.12 bits per heavy atom. The van der Waals surface area contributed by atoms with Crippen molar-refractivity contribution in [2.75, 3.05) is 12.4 Å². The van der Waals surface area contributed by atoms with Crippen LogP contribution in [0.25, 0.3) is 0 Å². The number of aromatic nitrogens is 3. The van der Waals surface area contributed by atoms with Crippen LogP contribution in [0.3, 0.4) is 0 Å². The summed E-state index contributed by atoms with van der Waals surface area (Å²) in [6.45, 7) is 8.75. The van der Waals surface area contributed by atoms with E-state index in [1.54, 1.807) is 7.11 Å². The molecule has 3 aliphatic rings. The lowest BCUT2D eigenvalue weighted by atomic mass is 9.71. The van der Waals surface area contributed by atoms with E-state index in [0.717, 1.165) is 41.8 Å². The first-order chi connectivity index (χ1) is 16.3. The van der Waals surface area contributed by atoms with Crippen LogP contribution in [-0.2, 0) is 9.53 Å². The smallest absolute Gasteiger partial charge is 0.228 e. The number of rotatable bonds is 8. The van der Waals surface area contributed by atoms with Gasteiger partial charge in [0.25, 0.3) is 0 Å². The molecule has 3 atom stereocenters. The molecule has 3 saturated carbocycles. The van der Waals surface area contributed by atoms with Crippen LogP contribution in [0.4, 0.5) is 5.69 Å². The standard InChI is InChI=1S/C28H40N4O2/c1-16(2)10-19-12-20(13-19)26-30-31-27(32(26)21-7-8-21)23-14-22(34-5)15-24(23)28(33)29-25-9-6-17(3)11-18(25)4/h6,9,11,16,19-24H,7-8,10,12-15H2,1-5H3,(H,29,33)/t19-,20+,22?,23-,24-/m0/s1. The number of nitrogens with zero attached hydrogens (tertiary/aromatic N) is 3. The number of amides is 1. The fourth-order valence-electron chi connectivity index (χ4n) is 6.30. The fraction of sp³-hybridized carbons (Fsp3) is 0.679. The zero-order valence-corrected chi connectivity index (χ0v) is 21.4. The summed E-state index contributed by atoms with van der Waals surface area (Å²) in [6.07, 6.45) is 7.78. The number of anilines is 1. The molecule has 184 valence electrons. The predicted molar refractivity (Wildman–Crippen MR) is 134 cm³/mol. The van der Waals surface area contributed by atoms with E-state index in [9.17, 15) is 4.79 Å². The van der Waals surface area contributed by atoms with E-state index < -0.39 is 0 Å². The molecule has 0 radical (unpaired) electrons. The van der Waals surface area contributed by atoms with Gasteiger partial charge in [-0.15, -0.1) is 10.2 Å². The Morgan fingerprint density at radius 3 is 2.50 bits per heavy atom. The van der Waals surface area contributed by atoms with E-state index in [2.05, 4.69) is 36.7 Å². The van der Waals surface area contributed by atoms with Crippen LogP contribution in [0.1, 0.15) is 99.4 Å². The maximum atomic E-state index is 13.5. The summed E-state index contributed by atoms with van der Waals surface area (Å²) >= 11 is 0. The molecule has 6 nitrogen and oxygen atoms in total. The largest absolute Gasteiger partial charge is 0.381 e. The summed E-state index contributed by atoms with van der Waals surface area (Å²) < 4.78 is 8.19. The van der Waals surface area contributed by atoms with Crippen molar-refractivity contribution in [1.82, 2.24) is 14.8 Å². The molecule has 1 heterocycles. The molecule has 6 heteroatoms. The minimum absolute atomic E-state index is 0.0455. The van der Waals surface area contributed by atoms with Crippen molar-refractivity contribution < 1.29 is 9.53 Å². The number of ether oxygens (including phenoxy) is 1. The van der Waals surface area contributed by atoms with Crippen LogP contribution in [-0.4, -0.2) is 33.9 Å². The normalized spacial score (nSPS) is 28.8. The summed E-state index contributed by atoms with van der Waals surface area (Å²) in [6, 6.07) is 6.68. The van der Waals surface area contributed by atoms with Gasteiger partial charge in [-0.05, 0) is 82.3 Å². The highest BCUT2D eigenvalue weighted by atomic mass is 16.5. The average Bonchev–Trinajstić information content (AvgIpc) is 3.36. The number of hydrogen-bond donors (Lipinski definition) is 1. The molecule has 1 N–H and O–H groups in total. The number of benzene rings is 1. The second-order valence-electron chi connectivity index (χ2n) is 11.5. The minimum Gasteiger partial charge on any atom is -0.381 e. The number of carbonyl (C=O) groups excluding carboxylic acids is 1. The van der Waals surface area contributed by atoms with Gasteiger partial charge in [-0.2, -0.15) is 0 Å². The highest BCUT2D eigenvalue weighted by Crippen LogP contribution is 2.50. The third-order valence-electron chi connectivity index (χ3n) is 8.23. The van der Waals surface area contributed by atoms with Crippen LogP contribution in [0, 0.1) is 31.6 Å². The van der Waals surface area contributed by atoms with Gasteiger partial charge in [0.05, 0.1) is 12.0 Å². The van der Waals surface area contributed by atoms with Gasteiger partial charge in [-0.25, -0.2) is 0 Å². The van der Waals surface area contributed by atoms with Gasteiger partial charge >= 0.3 is 0 Å². The molecule has 0 bridgehead atoms. The molecule has 3 aliphatic carbocycles. The lowest BCUT2D eigenvalue weighted by Crippen LogP contribution is -2.28. The molecule has 0 aliphatic heterocycles. The van der Waals surface area contributed by atoms with Crippen LogP contribution >= 0.6 is 0 Å². The number of nitrogens with one attached hydrogen (secondary N) is 1. The first-order valence-electron chi connectivity index (χ1n) is 13.2. The van der Waals surface area contributed by atoms with Crippen molar-refractivity contribution >= 4 is 11.6 Å². The van der Waals surface area contributed by atoms with Crippen LogP contribution < -0.4 is 5.32 Å². The Morgan fingerprint density at radius 2 is 1.85 bits per heavy atom. The molecule has 0 spiro atoms. The molecule has 5 rings (SSSR count). The van der Waals surface area contributed by atoms with Crippen LogP contribution in [0.2, 0.25) is 0 Å². The Kier molecular flexibility index (Phi) is 6.54. The molecule has 3 fully saturated rings. The predicted octanol–water partition coefficient (Wildman–Crippen LogP) is 5.92. The number of hydrogen-bond acceptors (Lipinski definition) is 4. The Balaban J connectivity index is 1.38. The first kappa shape index (κ1) is 23.5. The molecule has 34 heavy (non-hydrogen) atoms. The zero-order valence-electron chi connectivity index (χ0n) is 21.4. The average molecular weight is 465 g/mol. The lowest BCUT2D eigenvalue weighted by Gasteiger charge is -2.36.